The summed E-state index contributed by atoms with van der Waals surface area (Å²) in [4.78, 5) is 11.5. The standard InChI is InChI=1S/C16H26N2O/c1-4-12-17-15(19)13-18-16(2,3)11-10-14-8-6-5-7-9-14/h5-9,18H,4,10-13H2,1-3H3,(H,17,19). The van der Waals surface area contributed by atoms with Crippen molar-refractivity contribution in [3.63, 3.8) is 0 Å². The monoisotopic (exact) mass is 262 g/mol. The zero-order valence-corrected chi connectivity index (χ0v) is 12.3. The van der Waals surface area contributed by atoms with Gasteiger partial charge >= 0.3 is 0 Å². The van der Waals surface area contributed by atoms with Gasteiger partial charge < -0.3 is 10.6 Å². The highest BCUT2D eigenvalue weighted by Crippen LogP contribution is 2.13. The Morgan fingerprint density at radius 2 is 1.89 bits per heavy atom. The summed E-state index contributed by atoms with van der Waals surface area (Å²) in [5.41, 5.74) is 1.31. The van der Waals surface area contributed by atoms with E-state index in [1.165, 1.54) is 5.56 Å². The lowest BCUT2D eigenvalue weighted by atomic mass is 9.95. The third-order valence-electron chi connectivity index (χ3n) is 3.18. The molecular formula is C16H26N2O. The van der Waals surface area contributed by atoms with Crippen LogP contribution in [0.3, 0.4) is 0 Å². The van der Waals surface area contributed by atoms with Crippen LogP contribution in [-0.2, 0) is 11.2 Å². The smallest absolute Gasteiger partial charge is 0.233 e. The number of carbonyl (C=O) groups excluding carboxylic acids is 1. The number of hydrogen-bond acceptors (Lipinski definition) is 2. The van der Waals surface area contributed by atoms with Crippen LogP contribution < -0.4 is 10.6 Å². The fourth-order valence-electron chi connectivity index (χ4n) is 1.84. The lowest BCUT2D eigenvalue weighted by Gasteiger charge is -2.26. The predicted octanol–water partition coefficient (Wildman–Crippen LogP) is 2.51. The van der Waals surface area contributed by atoms with Gasteiger partial charge in [-0.15, -0.1) is 0 Å². The maximum absolute atomic E-state index is 11.5. The Labute approximate surface area is 116 Å². The van der Waals surface area contributed by atoms with Crippen molar-refractivity contribution in [3.8, 4) is 0 Å². The number of amides is 1. The van der Waals surface area contributed by atoms with Crippen molar-refractivity contribution < 1.29 is 4.79 Å². The number of nitrogens with one attached hydrogen (secondary N) is 2. The topological polar surface area (TPSA) is 41.1 Å². The summed E-state index contributed by atoms with van der Waals surface area (Å²) in [5.74, 6) is 0.0784. The Kier molecular flexibility index (Phi) is 6.57. The second-order valence-electron chi connectivity index (χ2n) is 5.57. The summed E-state index contributed by atoms with van der Waals surface area (Å²) in [5, 5.41) is 6.20. The van der Waals surface area contributed by atoms with Crippen molar-refractivity contribution in [1.82, 2.24) is 10.6 Å². The summed E-state index contributed by atoms with van der Waals surface area (Å²) in [7, 11) is 0. The number of carbonyl (C=O) groups is 1. The van der Waals surface area contributed by atoms with Crippen LogP contribution in [-0.4, -0.2) is 24.5 Å². The lowest BCUT2D eigenvalue weighted by Crippen LogP contribution is -2.45. The van der Waals surface area contributed by atoms with Crippen LogP contribution in [0.5, 0.6) is 0 Å². The van der Waals surface area contributed by atoms with E-state index >= 15 is 0 Å². The Morgan fingerprint density at radius 1 is 1.21 bits per heavy atom. The zero-order valence-electron chi connectivity index (χ0n) is 12.3. The summed E-state index contributed by atoms with van der Waals surface area (Å²) in [6.07, 6.45) is 3.01. The molecule has 0 bridgehead atoms. The van der Waals surface area contributed by atoms with E-state index in [0.717, 1.165) is 25.8 Å². The number of rotatable bonds is 8. The Balaban J connectivity index is 2.29. The maximum atomic E-state index is 11.5. The highest BCUT2D eigenvalue weighted by Gasteiger charge is 2.17. The molecule has 0 aliphatic heterocycles. The van der Waals surface area contributed by atoms with E-state index in [1.54, 1.807) is 0 Å². The van der Waals surface area contributed by atoms with E-state index < -0.39 is 0 Å². The first-order chi connectivity index (χ1) is 9.03. The predicted molar refractivity (Wildman–Crippen MR) is 80.1 cm³/mol. The first kappa shape index (κ1) is 15.7. The largest absolute Gasteiger partial charge is 0.355 e. The van der Waals surface area contributed by atoms with Crippen molar-refractivity contribution in [1.29, 1.82) is 0 Å². The van der Waals surface area contributed by atoms with Gasteiger partial charge in [-0.25, -0.2) is 0 Å². The first-order valence-corrected chi connectivity index (χ1v) is 7.09. The fourth-order valence-corrected chi connectivity index (χ4v) is 1.84. The lowest BCUT2D eigenvalue weighted by molar-refractivity contribution is -0.120. The van der Waals surface area contributed by atoms with Crippen molar-refractivity contribution in [2.45, 2.75) is 45.6 Å². The van der Waals surface area contributed by atoms with Crippen molar-refractivity contribution >= 4 is 5.91 Å². The fraction of sp³-hybridized carbons (Fsp3) is 0.562. The van der Waals surface area contributed by atoms with Gasteiger partial charge in [0.1, 0.15) is 0 Å². The highest BCUT2D eigenvalue weighted by molar-refractivity contribution is 5.78. The van der Waals surface area contributed by atoms with E-state index in [9.17, 15) is 4.79 Å². The van der Waals surface area contributed by atoms with Gasteiger partial charge in [-0.1, -0.05) is 37.3 Å². The molecular weight excluding hydrogens is 236 g/mol. The third-order valence-corrected chi connectivity index (χ3v) is 3.18. The quantitative estimate of drug-likeness (QED) is 0.756. The van der Waals surface area contributed by atoms with Crippen LogP contribution in [0.25, 0.3) is 0 Å². The van der Waals surface area contributed by atoms with Gasteiger partial charge in [0.2, 0.25) is 5.91 Å². The van der Waals surface area contributed by atoms with Gasteiger partial charge in [0.15, 0.2) is 0 Å². The van der Waals surface area contributed by atoms with E-state index in [0.29, 0.717) is 6.54 Å². The van der Waals surface area contributed by atoms with E-state index in [1.807, 2.05) is 6.07 Å². The number of benzene rings is 1. The van der Waals surface area contributed by atoms with Crippen molar-refractivity contribution in [2.75, 3.05) is 13.1 Å². The van der Waals surface area contributed by atoms with Gasteiger partial charge in [0.05, 0.1) is 6.54 Å². The number of aryl methyl sites for hydroxylation is 1. The molecule has 0 atom stereocenters. The Hall–Kier alpha value is -1.35. The van der Waals surface area contributed by atoms with E-state index in [4.69, 9.17) is 0 Å². The third kappa shape index (κ3) is 6.97. The van der Waals surface area contributed by atoms with Gasteiger partial charge in [-0.3, -0.25) is 4.79 Å². The van der Waals surface area contributed by atoms with E-state index in [-0.39, 0.29) is 11.4 Å². The molecule has 19 heavy (non-hydrogen) atoms. The summed E-state index contributed by atoms with van der Waals surface area (Å²) in [6.45, 7) is 7.48. The molecule has 0 saturated heterocycles. The molecule has 0 spiro atoms. The second-order valence-corrected chi connectivity index (χ2v) is 5.57. The summed E-state index contributed by atoms with van der Waals surface area (Å²) < 4.78 is 0. The van der Waals surface area contributed by atoms with Crippen LogP contribution in [0.15, 0.2) is 30.3 Å². The average Bonchev–Trinajstić information content (AvgIpc) is 2.42. The molecule has 0 heterocycles. The minimum Gasteiger partial charge on any atom is -0.355 e. The molecule has 0 aliphatic carbocycles. The van der Waals surface area contributed by atoms with Crippen molar-refractivity contribution in [2.24, 2.45) is 0 Å². The van der Waals surface area contributed by atoms with Crippen LogP contribution in [0.2, 0.25) is 0 Å². The van der Waals surface area contributed by atoms with Crippen LogP contribution >= 0.6 is 0 Å². The molecule has 0 saturated carbocycles. The molecule has 1 aromatic rings. The average molecular weight is 262 g/mol. The molecule has 0 fully saturated rings. The van der Waals surface area contributed by atoms with Gasteiger partial charge in [-0.2, -0.15) is 0 Å². The molecule has 1 aromatic carbocycles. The molecule has 1 amide bonds. The van der Waals surface area contributed by atoms with Crippen molar-refractivity contribution in [3.05, 3.63) is 35.9 Å². The number of hydrogen-bond donors (Lipinski definition) is 2. The molecule has 3 heteroatoms. The minimum absolute atomic E-state index is 0.0284. The molecule has 3 nitrogen and oxygen atoms in total. The first-order valence-electron chi connectivity index (χ1n) is 7.09. The zero-order chi connectivity index (χ0) is 14.1. The summed E-state index contributed by atoms with van der Waals surface area (Å²) >= 11 is 0. The summed E-state index contributed by atoms with van der Waals surface area (Å²) in [6, 6.07) is 10.4. The van der Waals surface area contributed by atoms with Gasteiger partial charge in [-0.05, 0) is 38.7 Å². The molecule has 1 rings (SSSR count). The van der Waals surface area contributed by atoms with Crippen LogP contribution in [0.1, 0.15) is 39.2 Å². The molecule has 0 unspecified atom stereocenters. The van der Waals surface area contributed by atoms with E-state index in [2.05, 4.69) is 55.7 Å². The second kappa shape index (κ2) is 7.95. The molecule has 0 aliphatic rings. The molecule has 2 N–H and O–H groups in total. The normalized spacial score (nSPS) is 11.3. The Morgan fingerprint density at radius 3 is 2.53 bits per heavy atom. The maximum Gasteiger partial charge on any atom is 0.233 e. The van der Waals surface area contributed by atoms with Crippen LogP contribution in [0.4, 0.5) is 0 Å². The van der Waals surface area contributed by atoms with Crippen LogP contribution in [0, 0.1) is 0 Å². The SMILES string of the molecule is CCCNC(=O)CNC(C)(C)CCc1ccccc1. The van der Waals surface area contributed by atoms with Gasteiger partial charge in [0, 0.05) is 12.1 Å². The van der Waals surface area contributed by atoms with Gasteiger partial charge in [0.25, 0.3) is 0 Å². The highest BCUT2D eigenvalue weighted by atomic mass is 16.1. The Bertz CT molecular complexity index is 374. The minimum atomic E-state index is -0.0284. The molecule has 106 valence electrons. The molecule has 0 aromatic heterocycles. The molecule has 0 radical (unpaired) electrons.